The van der Waals surface area contributed by atoms with E-state index in [1.54, 1.807) is 6.92 Å². The van der Waals surface area contributed by atoms with Crippen LogP contribution in [0.3, 0.4) is 0 Å². The van der Waals surface area contributed by atoms with Crippen molar-refractivity contribution in [3.8, 4) is 0 Å². The number of halogens is 2. The predicted octanol–water partition coefficient (Wildman–Crippen LogP) is 2.07. The molecule has 1 atom stereocenters. The Morgan fingerprint density at radius 3 is 2.41 bits per heavy atom. The lowest BCUT2D eigenvalue weighted by atomic mass is 9.99. The maximum Gasteiger partial charge on any atom is 0.341 e. The molecular weight excluding hydrogens is 402 g/mol. The van der Waals surface area contributed by atoms with Crippen LogP contribution in [0.25, 0.3) is 0 Å². The molecule has 1 N–H and O–H groups in total. The largest absolute Gasteiger partial charge is 0.341 e. The normalized spacial score (nSPS) is 19.2. The summed E-state index contributed by atoms with van der Waals surface area (Å²) < 4.78 is 73.5. The van der Waals surface area contributed by atoms with Gasteiger partial charge < -0.3 is 5.32 Å². The number of sulfone groups is 1. The molecule has 7 nitrogen and oxygen atoms in total. The van der Waals surface area contributed by atoms with Crippen LogP contribution in [0.15, 0.2) is 29.2 Å². The molecule has 0 spiro atoms. The number of carbonyl (C=O) groups is 1. The van der Waals surface area contributed by atoms with Gasteiger partial charge in [0.1, 0.15) is 0 Å². The second kappa shape index (κ2) is 8.61. The molecule has 1 aromatic carbocycles. The van der Waals surface area contributed by atoms with E-state index in [1.807, 2.05) is 0 Å². The third-order valence-corrected chi connectivity index (χ3v) is 7.74. The summed E-state index contributed by atoms with van der Waals surface area (Å²) in [6.45, 7) is 2.24. The van der Waals surface area contributed by atoms with Gasteiger partial charge in [0.15, 0.2) is 0 Å². The van der Waals surface area contributed by atoms with Crippen molar-refractivity contribution in [2.45, 2.75) is 36.8 Å². The highest BCUT2D eigenvalue weighted by atomic mass is 32.2. The summed E-state index contributed by atoms with van der Waals surface area (Å²) in [6.07, 6.45) is 1.58. The van der Waals surface area contributed by atoms with Crippen LogP contribution in [-0.4, -0.2) is 51.6 Å². The van der Waals surface area contributed by atoms with E-state index in [0.717, 1.165) is 12.1 Å². The molecule has 11 heteroatoms. The first-order valence-electron chi connectivity index (χ1n) is 8.48. The van der Waals surface area contributed by atoms with Crippen LogP contribution < -0.4 is 5.32 Å². The van der Waals surface area contributed by atoms with Crippen molar-refractivity contribution in [1.82, 2.24) is 4.31 Å². The van der Waals surface area contributed by atoms with Crippen molar-refractivity contribution in [3.05, 3.63) is 24.3 Å². The average Bonchev–Trinajstić information content (AvgIpc) is 2.62. The quantitative estimate of drug-likeness (QED) is 0.722. The van der Waals surface area contributed by atoms with E-state index < -0.39 is 42.3 Å². The van der Waals surface area contributed by atoms with Crippen LogP contribution in [-0.2, 0) is 24.7 Å². The third-order valence-electron chi connectivity index (χ3n) is 4.30. The Balaban J connectivity index is 2.04. The maximum atomic E-state index is 12.5. The number of sulfonamides is 1. The number of carbonyl (C=O) groups excluding carboxylic acids is 1. The van der Waals surface area contributed by atoms with Crippen LogP contribution >= 0.6 is 0 Å². The lowest BCUT2D eigenvalue weighted by molar-refractivity contribution is -0.120. The molecule has 1 heterocycles. The first-order valence-corrected chi connectivity index (χ1v) is 11.6. The summed E-state index contributed by atoms with van der Waals surface area (Å²) in [7, 11) is -8.08. The van der Waals surface area contributed by atoms with Gasteiger partial charge in [-0.25, -0.2) is 21.1 Å². The maximum absolute atomic E-state index is 12.5. The van der Waals surface area contributed by atoms with Gasteiger partial charge in [-0.3, -0.25) is 4.79 Å². The smallest absolute Gasteiger partial charge is 0.326 e. The summed E-state index contributed by atoms with van der Waals surface area (Å²) >= 11 is 0. The number of nitrogens with one attached hydrogen (secondary N) is 1. The first kappa shape index (κ1) is 21.7. The summed E-state index contributed by atoms with van der Waals surface area (Å²) in [4.78, 5) is 11.9. The number of anilines is 1. The van der Waals surface area contributed by atoms with Crippen molar-refractivity contribution >= 4 is 31.5 Å². The molecule has 0 aliphatic carbocycles. The fourth-order valence-corrected chi connectivity index (χ4v) is 5.18. The van der Waals surface area contributed by atoms with Crippen LogP contribution in [0, 0.1) is 5.92 Å². The van der Waals surface area contributed by atoms with Gasteiger partial charge in [-0.2, -0.15) is 8.78 Å². The van der Waals surface area contributed by atoms with Gasteiger partial charge in [-0.1, -0.05) is 6.92 Å². The van der Waals surface area contributed by atoms with E-state index in [2.05, 4.69) is 5.32 Å². The minimum Gasteiger partial charge on any atom is -0.326 e. The number of hydrogen-bond acceptors (Lipinski definition) is 5. The van der Waals surface area contributed by atoms with Gasteiger partial charge in [0.2, 0.25) is 25.8 Å². The molecule has 0 radical (unpaired) electrons. The lowest BCUT2D eigenvalue weighted by Gasteiger charge is -2.31. The monoisotopic (exact) mass is 424 g/mol. The average molecular weight is 424 g/mol. The Morgan fingerprint density at radius 2 is 1.85 bits per heavy atom. The third kappa shape index (κ3) is 5.23. The number of hydrogen-bond donors (Lipinski definition) is 1. The number of amides is 1. The van der Waals surface area contributed by atoms with Gasteiger partial charge in [0.25, 0.3) is 0 Å². The minimum absolute atomic E-state index is 0.0292. The molecule has 0 bridgehead atoms. The van der Waals surface area contributed by atoms with E-state index in [9.17, 15) is 30.4 Å². The molecule has 2 rings (SSSR count). The Morgan fingerprint density at radius 1 is 1.22 bits per heavy atom. The summed E-state index contributed by atoms with van der Waals surface area (Å²) in [5, 5.41) is 2.58. The second-order valence-corrected chi connectivity index (χ2v) is 10.3. The Bertz CT molecular complexity index is 871. The molecule has 0 aromatic heterocycles. The van der Waals surface area contributed by atoms with E-state index >= 15 is 0 Å². The topological polar surface area (TPSA) is 101 Å². The Hall–Kier alpha value is -1.59. The highest BCUT2D eigenvalue weighted by molar-refractivity contribution is 7.91. The standard InChI is InChI=1S/C16H22F2N2O5S2/c1-2-10-26(22,23)20-9-3-4-12(11-20)15(21)19-13-5-7-14(8-6-13)27(24,25)16(17)18/h5-8,12,16H,2-4,9-11H2,1H3,(H,19,21)/t12-/m0/s1. The fraction of sp³-hybridized carbons (Fsp3) is 0.562. The Labute approximate surface area is 157 Å². The van der Waals surface area contributed by atoms with E-state index in [-0.39, 0.29) is 18.0 Å². The predicted molar refractivity (Wildman–Crippen MR) is 96.6 cm³/mol. The number of benzene rings is 1. The first-order chi connectivity index (χ1) is 12.6. The second-order valence-electron chi connectivity index (χ2n) is 6.33. The van der Waals surface area contributed by atoms with Crippen molar-refractivity contribution in [3.63, 3.8) is 0 Å². The number of rotatable bonds is 7. The molecule has 0 unspecified atom stereocenters. The molecule has 27 heavy (non-hydrogen) atoms. The fourth-order valence-electron chi connectivity index (χ4n) is 2.87. The van der Waals surface area contributed by atoms with Gasteiger partial charge in [0, 0.05) is 18.8 Å². The van der Waals surface area contributed by atoms with Gasteiger partial charge >= 0.3 is 5.76 Å². The van der Waals surface area contributed by atoms with Crippen LogP contribution in [0.5, 0.6) is 0 Å². The molecule has 0 saturated carbocycles. The molecule has 1 aromatic rings. The van der Waals surface area contributed by atoms with E-state index in [4.69, 9.17) is 0 Å². The van der Waals surface area contributed by atoms with Crippen LogP contribution in [0.1, 0.15) is 26.2 Å². The number of nitrogens with zero attached hydrogens (tertiary/aromatic N) is 1. The lowest BCUT2D eigenvalue weighted by Crippen LogP contribution is -2.44. The molecule has 1 aliphatic heterocycles. The molecule has 152 valence electrons. The van der Waals surface area contributed by atoms with Gasteiger partial charge in [-0.15, -0.1) is 0 Å². The highest BCUT2D eigenvalue weighted by Gasteiger charge is 2.32. The van der Waals surface area contributed by atoms with Crippen LogP contribution in [0.4, 0.5) is 14.5 Å². The zero-order valence-electron chi connectivity index (χ0n) is 14.8. The molecule has 1 fully saturated rings. The van der Waals surface area contributed by atoms with Gasteiger partial charge in [0.05, 0.1) is 16.6 Å². The minimum atomic E-state index is -4.69. The van der Waals surface area contributed by atoms with Crippen molar-refractivity contribution in [2.24, 2.45) is 5.92 Å². The highest BCUT2D eigenvalue weighted by Crippen LogP contribution is 2.23. The van der Waals surface area contributed by atoms with Crippen LogP contribution in [0.2, 0.25) is 0 Å². The van der Waals surface area contributed by atoms with Crippen molar-refractivity contribution < 1.29 is 30.4 Å². The number of piperidine rings is 1. The van der Waals surface area contributed by atoms with Gasteiger partial charge in [-0.05, 0) is 43.5 Å². The summed E-state index contributed by atoms with van der Waals surface area (Å²) in [5.74, 6) is -4.41. The Kier molecular flexibility index (Phi) is 6.92. The molecule has 1 saturated heterocycles. The molecule has 1 aliphatic rings. The number of alkyl halides is 2. The summed E-state index contributed by atoms with van der Waals surface area (Å²) in [5.41, 5.74) is 0.252. The zero-order chi connectivity index (χ0) is 20.2. The molecular formula is C16H22F2N2O5S2. The molecule has 1 amide bonds. The van der Waals surface area contributed by atoms with E-state index in [0.29, 0.717) is 25.8 Å². The SMILES string of the molecule is CCCS(=O)(=O)N1CCC[C@H](C(=O)Nc2ccc(S(=O)(=O)C(F)F)cc2)C1. The van der Waals surface area contributed by atoms with Crippen molar-refractivity contribution in [1.29, 1.82) is 0 Å². The van der Waals surface area contributed by atoms with Crippen molar-refractivity contribution in [2.75, 3.05) is 24.2 Å². The summed E-state index contributed by atoms with van der Waals surface area (Å²) in [6, 6.07) is 4.44. The van der Waals surface area contributed by atoms with E-state index in [1.165, 1.54) is 16.4 Å². The zero-order valence-corrected chi connectivity index (χ0v) is 16.4.